The quantitative estimate of drug-likeness (QED) is 0.767. The molecule has 0 atom stereocenters. The van der Waals surface area contributed by atoms with E-state index < -0.39 is 10.0 Å². The lowest BCUT2D eigenvalue weighted by Crippen LogP contribution is -2.50. The lowest BCUT2D eigenvalue weighted by Gasteiger charge is -2.34. The van der Waals surface area contributed by atoms with Gasteiger partial charge in [0.05, 0.1) is 5.02 Å². The molecule has 0 aromatic heterocycles. The summed E-state index contributed by atoms with van der Waals surface area (Å²) in [6, 6.07) is 12.4. The van der Waals surface area contributed by atoms with Crippen molar-refractivity contribution in [2.45, 2.75) is 30.6 Å². The topological polar surface area (TPSA) is 57.7 Å². The third-order valence-corrected chi connectivity index (χ3v) is 7.97. The maximum Gasteiger partial charge on any atom is 0.253 e. The molecule has 2 aliphatic rings. The predicted octanol–water partition coefficient (Wildman–Crippen LogP) is 3.37. The van der Waals surface area contributed by atoms with E-state index in [1.165, 1.54) is 34.3 Å². The fourth-order valence-corrected chi connectivity index (χ4v) is 5.89. The van der Waals surface area contributed by atoms with Gasteiger partial charge in [0.15, 0.2) is 0 Å². The van der Waals surface area contributed by atoms with Crippen LogP contribution in [0.1, 0.15) is 34.3 Å². The number of sulfonamides is 1. The van der Waals surface area contributed by atoms with Gasteiger partial charge in [-0.1, -0.05) is 29.8 Å². The minimum atomic E-state index is -3.66. The van der Waals surface area contributed by atoms with Crippen molar-refractivity contribution < 1.29 is 13.2 Å². The van der Waals surface area contributed by atoms with E-state index in [4.69, 9.17) is 11.6 Å². The number of hydrogen-bond donors (Lipinski definition) is 0. The molecule has 2 aromatic rings. The SMILES string of the molecule is O=C(c1ccc2c(c1)CCCC2)N1CCN(S(=O)(=O)c2ccccc2Cl)CC1. The molecule has 4 rings (SSSR count). The second-order valence-corrected chi connectivity index (χ2v) is 9.63. The van der Waals surface area contributed by atoms with Gasteiger partial charge >= 0.3 is 0 Å². The van der Waals surface area contributed by atoms with Crippen molar-refractivity contribution >= 4 is 27.5 Å². The van der Waals surface area contributed by atoms with Crippen molar-refractivity contribution in [2.24, 2.45) is 0 Å². The van der Waals surface area contributed by atoms with Crippen LogP contribution in [0.25, 0.3) is 0 Å². The molecule has 148 valence electrons. The number of benzene rings is 2. The smallest absolute Gasteiger partial charge is 0.253 e. The maximum absolute atomic E-state index is 12.9. The van der Waals surface area contributed by atoms with Crippen LogP contribution in [0.4, 0.5) is 0 Å². The summed E-state index contributed by atoms with van der Waals surface area (Å²) in [6.45, 7) is 1.29. The zero-order valence-electron chi connectivity index (χ0n) is 15.6. The standard InChI is InChI=1S/C21H23ClN2O3S/c22-19-7-3-4-8-20(19)28(26,27)24-13-11-23(12-14-24)21(25)18-10-9-16-5-1-2-6-17(16)15-18/h3-4,7-10,15H,1-2,5-6,11-14H2. The Bertz CT molecular complexity index is 998. The molecule has 2 aromatic carbocycles. The van der Waals surface area contributed by atoms with E-state index in [1.54, 1.807) is 23.1 Å². The van der Waals surface area contributed by atoms with E-state index in [0.29, 0.717) is 18.7 Å². The Morgan fingerprint density at radius 2 is 1.57 bits per heavy atom. The van der Waals surface area contributed by atoms with Gasteiger partial charge in [-0.25, -0.2) is 8.42 Å². The zero-order chi connectivity index (χ0) is 19.7. The molecule has 1 aliphatic heterocycles. The molecule has 0 N–H and O–H groups in total. The van der Waals surface area contributed by atoms with Gasteiger partial charge in [-0.3, -0.25) is 4.79 Å². The molecule has 28 heavy (non-hydrogen) atoms. The molecule has 0 unspecified atom stereocenters. The number of carbonyl (C=O) groups excluding carboxylic acids is 1. The fourth-order valence-electron chi connectivity index (χ4n) is 3.97. The first kappa shape index (κ1) is 19.4. The van der Waals surface area contributed by atoms with Crippen molar-refractivity contribution in [3.8, 4) is 0 Å². The van der Waals surface area contributed by atoms with Crippen LogP contribution >= 0.6 is 11.6 Å². The lowest BCUT2D eigenvalue weighted by atomic mass is 9.90. The minimum Gasteiger partial charge on any atom is -0.336 e. The summed E-state index contributed by atoms with van der Waals surface area (Å²) in [5, 5.41) is 0.218. The van der Waals surface area contributed by atoms with Gasteiger partial charge in [0.1, 0.15) is 4.90 Å². The average Bonchev–Trinajstić information content (AvgIpc) is 2.73. The largest absolute Gasteiger partial charge is 0.336 e. The van der Waals surface area contributed by atoms with Gasteiger partial charge in [0.2, 0.25) is 10.0 Å². The molecular formula is C21H23ClN2O3S. The molecule has 0 radical (unpaired) electrons. The summed E-state index contributed by atoms with van der Waals surface area (Å²) in [5.74, 6) is -0.0248. The van der Waals surface area contributed by atoms with E-state index in [2.05, 4.69) is 6.07 Å². The fraction of sp³-hybridized carbons (Fsp3) is 0.381. The van der Waals surface area contributed by atoms with Crippen LogP contribution < -0.4 is 0 Å². The minimum absolute atomic E-state index is 0.0248. The van der Waals surface area contributed by atoms with Crippen molar-refractivity contribution in [1.82, 2.24) is 9.21 Å². The van der Waals surface area contributed by atoms with E-state index in [-0.39, 0.29) is 28.9 Å². The second-order valence-electron chi connectivity index (χ2n) is 7.32. The van der Waals surface area contributed by atoms with Crippen molar-refractivity contribution in [3.05, 3.63) is 64.2 Å². The number of piperazine rings is 1. The summed E-state index contributed by atoms with van der Waals surface area (Å²) in [7, 11) is -3.66. The van der Waals surface area contributed by atoms with E-state index in [0.717, 1.165) is 12.8 Å². The van der Waals surface area contributed by atoms with Crippen molar-refractivity contribution in [2.75, 3.05) is 26.2 Å². The van der Waals surface area contributed by atoms with Crippen LogP contribution in [-0.4, -0.2) is 49.7 Å². The summed E-state index contributed by atoms with van der Waals surface area (Å²) in [4.78, 5) is 14.8. The van der Waals surface area contributed by atoms with Crippen LogP contribution in [0.3, 0.4) is 0 Å². The molecule has 1 aliphatic carbocycles. The number of hydrogen-bond acceptors (Lipinski definition) is 3. The van der Waals surface area contributed by atoms with Gasteiger partial charge in [-0.15, -0.1) is 0 Å². The first-order valence-corrected chi connectivity index (χ1v) is 11.4. The van der Waals surface area contributed by atoms with E-state index in [9.17, 15) is 13.2 Å². The molecule has 1 amide bonds. The summed E-state index contributed by atoms with van der Waals surface area (Å²) < 4.78 is 27.1. The molecular weight excluding hydrogens is 396 g/mol. The summed E-state index contributed by atoms with van der Waals surface area (Å²) in [5.41, 5.74) is 3.32. The number of nitrogens with zero attached hydrogens (tertiary/aromatic N) is 2. The lowest BCUT2D eigenvalue weighted by molar-refractivity contribution is 0.0697. The number of halogens is 1. The van der Waals surface area contributed by atoms with Crippen LogP contribution in [0.15, 0.2) is 47.4 Å². The number of fused-ring (bicyclic) bond motifs is 1. The van der Waals surface area contributed by atoms with Crippen molar-refractivity contribution in [1.29, 1.82) is 0 Å². The third-order valence-electron chi connectivity index (χ3n) is 5.58. The van der Waals surface area contributed by atoms with Crippen LogP contribution in [0.5, 0.6) is 0 Å². The highest BCUT2D eigenvalue weighted by Crippen LogP contribution is 2.26. The number of amides is 1. The monoisotopic (exact) mass is 418 g/mol. The predicted molar refractivity (Wildman–Crippen MR) is 109 cm³/mol. The molecule has 0 bridgehead atoms. The number of rotatable bonds is 3. The molecule has 1 heterocycles. The molecule has 0 saturated carbocycles. The molecule has 1 fully saturated rings. The summed E-state index contributed by atoms with van der Waals surface area (Å²) >= 11 is 6.07. The van der Waals surface area contributed by atoms with Gasteiger partial charge in [0.25, 0.3) is 5.91 Å². The van der Waals surface area contributed by atoms with Gasteiger partial charge in [0, 0.05) is 31.7 Å². The van der Waals surface area contributed by atoms with E-state index in [1.807, 2.05) is 12.1 Å². The maximum atomic E-state index is 12.9. The van der Waals surface area contributed by atoms with Gasteiger partial charge < -0.3 is 4.90 Å². The van der Waals surface area contributed by atoms with Crippen LogP contribution in [0, 0.1) is 0 Å². The first-order valence-electron chi connectivity index (χ1n) is 9.62. The third kappa shape index (κ3) is 3.69. The van der Waals surface area contributed by atoms with E-state index >= 15 is 0 Å². The van der Waals surface area contributed by atoms with Gasteiger partial charge in [-0.2, -0.15) is 4.31 Å². The van der Waals surface area contributed by atoms with Gasteiger partial charge in [-0.05, 0) is 61.1 Å². The van der Waals surface area contributed by atoms with Crippen LogP contribution in [-0.2, 0) is 22.9 Å². The Hall–Kier alpha value is -1.89. The normalized spacial score (nSPS) is 18.0. The Morgan fingerprint density at radius 1 is 0.893 bits per heavy atom. The Balaban J connectivity index is 1.45. The van der Waals surface area contributed by atoms with Crippen molar-refractivity contribution in [3.63, 3.8) is 0 Å². The molecule has 1 saturated heterocycles. The second kappa shape index (κ2) is 7.85. The average molecular weight is 419 g/mol. The Labute approximate surface area is 171 Å². The highest BCUT2D eigenvalue weighted by Gasteiger charge is 2.31. The molecule has 5 nitrogen and oxygen atoms in total. The highest BCUT2D eigenvalue weighted by molar-refractivity contribution is 7.89. The Kier molecular flexibility index (Phi) is 5.45. The Morgan fingerprint density at radius 3 is 2.29 bits per heavy atom. The first-order chi connectivity index (χ1) is 13.5. The molecule has 0 spiro atoms. The highest BCUT2D eigenvalue weighted by atomic mass is 35.5. The van der Waals surface area contributed by atoms with Crippen LogP contribution in [0.2, 0.25) is 5.02 Å². The summed E-state index contributed by atoms with van der Waals surface area (Å²) in [6.07, 6.45) is 4.49. The zero-order valence-corrected chi connectivity index (χ0v) is 17.2. The molecule has 7 heteroatoms. The number of aryl methyl sites for hydroxylation is 2. The number of carbonyl (C=O) groups is 1.